The summed E-state index contributed by atoms with van der Waals surface area (Å²) in [7, 11) is 0. The molecular formula is C15H13F2N3S. The summed E-state index contributed by atoms with van der Waals surface area (Å²) in [6.07, 6.45) is 1.01. The van der Waals surface area contributed by atoms with E-state index in [1.807, 2.05) is 30.3 Å². The van der Waals surface area contributed by atoms with E-state index in [4.69, 9.17) is 5.73 Å². The summed E-state index contributed by atoms with van der Waals surface area (Å²) < 4.78 is 26.7. The summed E-state index contributed by atoms with van der Waals surface area (Å²) in [6, 6.07) is 13.3. The van der Waals surface area contributed by atoms with Gasteiger partial charge in [-0.3, -0.25) is 0 Å². The summed E-state index contributed by atoms with van der Waals surface area (Å²) >= 11 is 1.30. The maximum Gasteiger partial charge on any atom is 0.180 e. The second-order valence-electron chi connectivity index (χ2n) is 4.09. The van der Waals surface area contributed by atoms with Gasteiger partial charge in [-0.1, -0.05) is 48.2 Å². The van der Waals surface area contributed by atoms with Crippen molar-refractivity contribution in [3.05, 3.63) is 71.3 Å². The molecule has 0 aliphatic heterocycles. The molecule has 0 amide bonds. The number of benzene rings is 2. The van der Waals surface area contributed by atoms with E-state index in [1.54, 1.807) is 0 Å². The number of hydrogen-bond donors (Lipinski definition) is 1. The molecule has 3 nitrogen and oxygen atoms in total. The smallest absolute Gasteiger partial charge is 0.180 e. The Morgan fingerprint density at radius 2 is 1.71 bits per heavy atom. The molecule has 0 fully saturated rings. The summed E-state index contributed by atoms with van der Waals surface area (Å²) in [5.41, 5.74) is 6.54. The lowest BCUT2D eigenvalue weighted by Crippen LogP contribution is -2.06. The monoisotopic (exact) mass is 305 g/mol. The molecule has 0 radical (unpaired) electrons. The van der Waals surface area contributed by atoms with Crippen molar-refractivity contribution in [3.63, 3.8) is 0 Å². The van der Waals surface area contributed by atoms with Gasteiger partial charge in [-0.15, -0.1) is 5.10 Å². The molecule has 0 aliphatic carbocycles. The molecule has 0 aliphatic rings. The van der Waals surface area contributed by atoms with Crippen LogP contribution >= 0.6 is 11.8 Å². The van der Waals surface area contributed by atoms with Crippen molar-refractivity contribution in [3.8, 4) is 0 Å². The minimum Gasteiger partial charge on any atom is -0.377 e. The first-order valence-corrected chi connectivity index (χ1v) is 7.12. The molecule has 6 heteroatoms. The average Bonchev–Trinajstić information content (AvgIpc) is 2.49. The fraction of sp³-hybridized carbons (Fsp3) is 0.0667. The van der Waals surface area contributed by atoms with Gasteiger partial charge in [-0.05, 0) is 17.7 Å². The topological polar surface area (TPSA) is 50.7 Å². The third kappa shape index (κ3) is 4.68. The van der Waals surface area contributed by atoms with Gasteiger partial charge in [0.25, 0.3) is 0 Å². The van der Waals surface area contributed by atoms with Crippen LogP contribution in [0.25, 0.3) is 0 Å². The van der Waals surface area contributed by atoms with Gasteiger partial charge >= 0.3 is 0 Å². The van der Waals surface area contributed by atoms with Crippen LogP contribution in [0.15, 0.2) is 58.7 Å². The molecular weight excluding hydrogens is 292 g/mol. The number of thioether (sulfide) groups is 1. The number of halogens is 2. The lowest BCUT2D eigenvalue weighted by Gasteiger charge is -1.99. The van der Waals surface area contributed by atoms with E-state index in [0.717, 1.165) is 23.9 Å². The molecule has 0 saturated heterocycles. The first-order chi connectivity index (χ1) is 10.2. The summed E-state index contributed by atoms with van der Waals surface area (Å²) in [6.45, 7) is 0. The molecule has 2 aromatic rings. The highest BCUT2D eigenvalue weighted by Gasteiger charge is 2.04. The molecule has 2 aromatic carbocycles. The largest absolute Gasteiger partial charge is 0.377 e. The van der Waals surface area contributed by atoms with Gasteiger partial charge < -0.3 is 5.73 Å². The van der Waals surface area contributed by atoms with E-state index in [9.17, 15) is 8.78 Å². The summed E-state index contributed by atoms with van der Waals surface area (Å²) in [5, 5.41) is 7.55. The van der Waals surface area contributed by atoms with E-state index >= 15 is 0 Å². The van der Waals surface area contributed by atoms with Crippen LogP contribution in [0.1, 0.15) is 11.1 Å². The van der Waals surface area contributed by atoms with Crippen molar-refractivity contribution in [1.29, 1.82) is 0 Å². The van der Waals surface area contributed by atoms with Crippen LogP contribution < -0.4 is 5.73 Å². The number of hydrogen-bond acceptors (Lipinski definition) is 3. The fourth-order valence-corrected chi connectivity index (χ4v) is 2.15. The highest BCUT2D eigenvalue weighted by Crippen LogP contribution is 2.12. The number of nitrogens with zero attached hydrogens (tertiary/aromatic N) is 2. The third-order valence-electron chi connectivity index (χ3n) is 2.57. The molecule has 108 valence electrons. The van der Waals surface area contributed by atoms with E-state index < -0.39 is 11.6 Å². The summed E-state index contributed by atoms with van der Waals surface area (Å²) in [5.74, 6) is -0.728. The van der Waals surface area contributed by atoms with Crippen molar-refractivity contribution in [2.24, 2.45) is 15.9 Å². The Bertz CT molecular complexity index is 637. The molecule has 0 unspecified atom stereocenters. The lowest BCUT2D eigenvalue weighted by molar-refractivity contribution is 0.580. The van der Waals surface area contributed by atoms with Gasteiger partial charge in [0.1, 0.15) is 11.6 Å². The van der Waals surface area contributed by atoms with Crippen molar-refractivity contribution in [2.45, 2.75) is 5.75 Å². The Hall–Kier alpha value is -2.21. The molecule has 0 bridgehead atoms. The lowest BCUT2D eigenvalue weighted by atomic mass is 10.2. The number of rotatable bonds is 4. The third-order valence-corrected chi connectivity index (χ3v) is 3.43. The second kappa shape index (κ2) is 7.54. The van der Waals surface area contributed by atoms with Gasteiger partial charge in [0.15, 0.2) is 5.17 Å². The van der Waals surface area contributed by atoms with Gasteiger partial charge in [0, 0.05) is 5.75 Å². The molecule has 0 spiro atoms. The van der Waals surface area contributed by atoms with E-state index in [-0.39, 0.29) is 10.7 Å². The quantitative estimate of drug-likeness (QED) is 0.533. The minimum atomic E-state index is -0.690. The standard InChI is InChI=1S/C15H13F2N3S/c16-13-7-4-8-14(17)12(13)9-19-20-15(18)21-10-11-5-2-1-3-6-11/h1-9H,10H2,(H2,18,20). The van der Waals surface area contributed by atoms with Crippen molar-refractivity contribution >= 4 is 23.1 Å². The predicted octanol–water partition coefficient (Wildman–Crippen LogP) is 3.55. The Morgan fingerprint density at radius 1 is 1.05 bits per heavy atom. The number of nitrogens with two attached hydrogens (primary N) is 1. The van der Waals surface area contributed by atoms with Crippen LogP contribution in [0.5, 0.6) is 0 Å². The van der Waals surface area contributed by atoms with Gasteiger partial charge in [0.05, 0.1) is 11.8 Å². The molecule has 2 N–H and O–H groups in total. The highest BCUT2D eigenvalue weighted by atomic mass is 32.2. The zero-order valence-corrected chi connectivity index (χ0v) is 11.9. The normalized spacial score (nSPS) is 12.0. The van der Waals surface area contributed by atoms with E-state index in [1.165, 1.54) is 17.8 Å². The van der Waals surface area contributed by atoms with Crippen LogP contribution in [0, 0.1) is 11.6 Å². The summed E-state index contributed by atoms with van der Waals surface area (Å²) in [4.78, 5) is 0. The molecule has 0 atom stereocenters. The Labute approximate surface area is 125 Å². The van der Waals surface area contributed by atoms with Crippen molar-refractivity contribution in [1.82, 2.24) is 0 Å². The molecule has 0 heterocycles. The Kier molecular flexibility index (Phi) is 5.45. The predicted molar refractivity (Wildman–Crippen MR) is 83.3 cm³/mol. The van der Waals surface area contributed by atoms with E-state index in [0.29, 0.717) is 5.75 Å². The molecule has 21 heavy (non-hydrogen) atoms. The first kappa shape index (κ1) is 15.2. The van der Waals surface area contributed by atoms with Crippen LogP contribution in [0.4, 0.5) is 8.78 Å². The Balaban J connectivity index is 1.95. The van der Waals surface area contributed by atoms with Crippen molar-refractivity contribution < 1.29 is 8.78 Å². The van der Waals surface area contributed by atoms with Crippen LogP contribution in [-0.2, 0) is 5.75 Å². The van der Waals surface area contributed by atoms with Crippen LogP contribution in [-0.4, -0.2) is 11.4 Å². The van der Waals surface area contributed by atoms with Crippen LogP contribution in [0.3, 0.4) is 0 Å². The van der Waals surface area contributed by atoms with Crippen molar-refractivity contribution in [2.75, 3.05) is 0 Å². The number of amidine groups is 1. The second-order valence-corrected chi connectivity index (χ2v) is 5.09. The van der Waals surface area contributed by atoms with Crippen LogP contribution in [0.2, 0.25) is 0 Å². The first-order valence-electron chi connectivity index (χ1n) is 6.14. The fourth-order valence-electron chi connectivity index (χ4n) is 1.54. The maximum atomic E-state index is 13.3. The molecule has 0 aromatic heterocycles. The zero-order chi connectivity index (χ0) is 15.1. The highest BCUT2D eigenvalue weighted by molar-refractivity contribution is 8.13. The Morgan fingerprint density at radius 3 is 2.38 bits per heavy atom. The SMILES string of the molecule is NC(=NN=Cc1c(F)cccc1F)SCc1ccccc1. The molecule has 2 rings (SSSR count). The minimum absolute atomic E-state index is 0.229. The van der Waals surface area contributed by atoms with E-state index in [2.05, 4.69) is 10.2 Å². The molecule has 0 saturated carbocycles. The maximum absolute atomic E-state index is 13.3. The van der Waals surface area contributed by atoms with Gasteiger partial charge in [0.2, 0.25) is 0 Å². The van der Waals surface area contributed by atoms with Gasteiger partial charge in [-0.2, -0.15) is 5.10 Å². The van der Waals surface area contributed by atoms with Gasteiger partial charge in [-0.25, -0.2) is 8.78 Å². The average molecular weight is 305 g/mol. The zero-order valence-electron chi connectivity index (χ0n) is 11.0.